The van der Waals surface area contributed by atoms with Crippen molar-refractivity contribution in [2.45, 2.75) is 45.1 Å². The third-order valence-corrected chi connectivity index (χ3v) is 4.01. The van der Waals surface area contributed by atoms with Gasteiger partial charge in [0.05, 0.1) is 12.1 Å². The molecule has 0 aliphatic heterocycles. The van der Waals surface area contributed by atoms with Gasteiger partial charge in [-0.2, -0.15) is 4.98 Å². The fourth-order valence-electron chi connectivity index (χ4n) is 2.65. The van der Waals surface area contributed by atoms with E-state index in [9.17, 15) is 5.11 Å². The van der Waals surface area contributed by atoms with Gasteiger partial charge in [-0.15, -0.1) is 0 Å². The molecule has 1 heterocycles. The average Bonchev–Trinajstić information content (AvgIpc) is 2.41. The zero-order valence-corrected chi connectivity index (χ0v) is 12.0. The minimum atomic E-state index is -0.224. The van der Waals surface area contributed by atoms with Crippen LogP contribution >= 0.6 is 0 Å². The zero-order valence-electron chi connectivity index (χ0n) is 12.0. The Labute approximate surface area is 114 Å². The Morgan fingerprint density at radius 2 is 2.05 bits per heavy atom. The van der Waals surface area contributed by atoms with Crippen LogP contribution in [0.2, 0.25) is 0 Å². The molecule has 1 aromatic heterocycles. The number of hydrogen-bond acceptors (Lipinski definition) is 5. The van der Waals surface area contributed by atoms with Crippen molar-refractivity contribution in [1.82, 2.24) is 9.97 Å². The monoisotopic (exact) mass is 264 g/mol. The van der Waals surface area contributed by atoms with Crippen molar-refractivity contribution in [3.63, 3.8) is 0 Å². The van der Waals surface area contributed by atoms with Crippen molar-refractivity contribution >= 4 is 11.8 Å². The second kappa shape index (κ2) is 5.74. The van der Waals surface area contributed by atoms with E-state index in [1.807, 2.05) is 20.0 Å². The minimum absolute atomic E-state index is 0.150. The van der Waals surface area contributed by atoms with Crippen LogP contribution in [0.3, 0.4) is 0 Å². The van der Waals surface area contributed by atoms with Crippen molar-refractivity contribution in [2.75, 3.05) is 24.3 Å². The van der Waals surface area contributed by atoms with Gasteiger partial charge in [0.25, 0.3) is 0 Å². The molecule has 5 nitrogen and oxygen atoms in total. The van der Waals surface area contributed by atoms with E-state index in [0.717, 1.165) is 43.1 Å². The van der Waals surface area contributed by atoms with Gasteiger partial charge in [0.2, 0.25) is 5.95 Å². The molecule has 1 saturated carbocycles. The topological polar surface area (TPSA) is 70.1 Å². The molecule has 1 fully saturated rings. The number of anilines is 2. The van der Waals surface area contributed by atoms with Gasteiger partial charge in [0.1, 0.15) is 5.82 Å². The highest BCUT2D eigenvalue weighted by atomic mass is 16.3. The SMILES string of the molecule is CNc1nc(C)cc(NC2(CO)CCC(C)CC2)n1. The summed E-state index contributed by atoms with van der Waals surface area (Å²) in [6, 6.07) is 1.93. The molecular formula is C14H24N4O. The number of aromatic nitrogens is 2. The molecule has 0 unspecified atom stereocenters. The molecule has 106 valence electrons. The highest BCUT2D eigenvalue weighted by molar-refractivity contribution is 5.44. The first-order valence-electron chi connectivity index (χ1n) is 6.99. The number of hydrogen-bond donors (Lipinski definition) is 3. The third kappa shape index (κ3) is 3.35. The summed E-state index contributed by atoms with van der Waals surface area (Å²) < 4.78 is 0. The highest BCUT2D eigenvalue weighted by Gasteiger charge is 2.33. The maximum absolute atomic E-state index is 9.76. The lowest BCUT2D eigenvalue weighted by Gasteiger charge is -2.39. The summed E-state index contributed by atoms with van der Waals surface area (Å²) in [7, 11) is 1.81. The zero-order chi connectivity index (χ0) is 13.9. The minimum Gasteiger partial charge on any atom is -0.394 e. The van der Waals surface area contributed by atoms with Gasteiger partial charge in [-0.1, -0.05) is 6.92 Å². The summed E-state index contributed by atoms with van der Waals surface area (Å²) in [6.45, 7) is 4.37. The van der Waals surface area contributed by atoms with Gasteiger partial charge >= 0.3 is 0 Å². The van der Waals surface area contributed by atoms with Crippen molar-refractivity contribution in [2.24, 2.45) is 5.92 Å². The van der Waals surface area contributed by atoms with Crippen molar-refractivity contribution in [3.05, 3.63) is 11.8 Å². The van der Waals surface area contributed by atoms with Crippen molar-refractivity contribution < 1.29 is 5.11 Å². The van der Waals surface area contributed by atoms with Crippen LogP contribution in [0.5, 0.6) is 0 Å². The third-order valence-electron chi connectivity index (χ3n) is 4.01. The van der Waals surface area contributed by atoms with Crippen LogP contribution in [0.1, 0.15) is 38.3 Å². The van der Waals surface area contributed by atoms with Crippen LogP contribution in [-0.2, 0) is 0 Å². The summed E-state index contributed by atoms with van der Waals surface area (Å²) in [5, 5.41) is 16.2. The van der Waals surface area contributed by atoms with Gasteiger partial charge < -0.3 is 15.7 Å². The van der Waals surface area contributed by atoms with E-state index < -0.39 is 0 Å². The first-order valence-corrected chi connectivity index (χ1v) is 6.99. The Morgan fingerprint density at radius 3 is 2.63 bits per heavy atom. The largest absolute Gasteiger partial charge is 0.394 e. The summed E-state index contributed by atoms with van der Waals surface area (Å²) >= 11 is 0. The fourth-order valence-corrected chi connectivity index (χ4v) is 2.65. The second-order valence-electron chi connectivity index (χ2n) is 5.71. The van der Waals surface area contributed by atoms with Gasteiger partial charge in [-0.25, -0.2) is 4.98 Å². The van der Waals surface area contributed by atoms with Crippen LogP contribution in [-0.4, -0.2) is 34.3 Å². The van der Waals surface area contributed by atoms with Crippen LogP contribution in [0.4, 0.5) is 11.8 Å². The lowest BCUT2D eigenvalue weighted by Crippen LogP contribution is -2.45. The quantitative estimate of drug-likeness (QED) is 0.777. The molecule has 0 amide bonds. The standard InChI is InChI=1S/C14H24N4O/c1-10-4-6-14(9-19,7-5-10)18-12-8-11(2)16-13(15-3)17-12/h8,10,19H,4-7,9H2,1-3H3,(H2,15,16,17,18). The van der Waals surface area contributed by atoms with E-state index in [-0.39, 0.29) is 12.1 Å². The Balaban J connectivity index is 2.16. The number of nitrogens with zero attached hydrogens (tertiary/aromatic N) is 2. The number of aryl methyl sites for hydroxylation is 1. The van der Waals surface area contributed by atoms with Crippen LogP contribution in [0.15, 0.2) is 6.07 Å². The van der Waals surface area contributed by atoms with Crippen LogP contribution in [0.25, 0.3) is 0 Å². The average molecular weight is 264 g/mol. The maximum Gasteiger partial charge on any atom is 0.224 e. The van der Waals surface area contributed by atoms with E-state index in [1.54, 1.807) is 0 Å². The van der Waals surface area contributed by atoms with E-state index in [4.69, 9.17) is 0 Å². The normalized spacial score (nSPS) is 27.1. The molecule has 2 rings (SSSR count). The van der Waals surface area contributed by atoms with E-state index in [0.29, 0.717) is 5.95 Å². The first-order chi connectivity index (χ1) is 9.07. The molecule has 0 radical (unpaired) electrons. The molecule has 0 bridgehead atoms. The van der Waals surface area contributed by atoms with Gasteiger partial charge in [-0.3, -0.25) is 0 Å². The van der Waals surface area contributed by atoms with Crippen LogP contribution < -0.4 is 10.6 Å². The van der Waals surface area contributed by atoms with Crippen molar-refractivity contribution in [1.29, 1.82) is 0 Å². The smallest absolute Gasteiger partial charge is 0.224 e. The molecule has 5 heteroatoms. The van der Waals surface area contributed by atoms with Gasteiger partial charge in [0, 0.05) is 18.8 Å². The molecule has 1 aromatic rings. The van der Waals surface area contributed by atoms with E-state index >= 15 is 0 Å². The van der Waals surface area contributed by atoms with Gasteiger partial charge in [0.15, 0.2) is 0 Å². The summed E-state index contributed by atoms with van der Waals surface area (Å²) in [4.78, 5) is 8.70. The Bertz CT molecular complexity index is 427. The van der Waals surface area contributed by atoms with E-state index in [2.05, 4.69) is 27.5 Å². The predicted molar refractivity (Wildman–Crippen MR) is 77.4 cm³/mol. The number of nitrogens with one attached hydrogen (secondary N) is 2. The van der Waals surface area contributed by atoms with E-state index in [1.165, 1.54) is 0 Å². The van der Waals surface area contributed by atoms with Gasteiger partial charge in [-0.05, 0) is 38.5 Å². The number of aliphatic hydroxyl groups excluding tert-OH is 1. The molecule has 1 aliphatic carbocycles. The first kappa shape index (κ1) is 14.1. The van der Waals surface area contributed by atoms with Crippen LogP contribution in [0, 0.1) is 12.8 Å². The fraction of sp³-hybridized carbons (Fsp3) is 0.714. The summed E-state index contributed by atoms with van der Waals surface area (Å²) in [6.07, 6.45) is 4.28. The molecule has 3 N–H and O–H groups in total. The number of rotatable bonds is 4. The lowest BCUT2D eigenvalue weighted by atomic mass is 9.77. The Kier molecular flexibility index (Phi) is 4.24. The summed E-state index contributed by atoms with van der Waals surface area (Å²) in [5.74, 6) is 2.15. The van der Waals surface area contributed by atoms with Crippen molar-refractivity contribution in [3.8, 4) is 0 Å². The lowest BCUT2D eigenvalue weighted by molar-refractivity contribution is 0.155. The number of aliphatic hydroxyl groups is 1. The molecule has 0 aromatic carbocycles. The predicted octanol–water partition coefficient (Wildman–Crippen LogP) is 2.18. The summed E-state index contributed by atoms with van der Waals surface area (Å²) in [5.41, 5.74) is 0.692. The molecule has 0 spiro atoms. The second-order valence-corrected chi connectivity index (χ2v) is 5.71. The highest BCUT2D eigenvalue weighted by Crippen LogP contribution is 2.34. The molecule has 0 atom stereocenters. The molecular weight excluding hydrogens is 240 g/mol. The molecule has 19 heavy (non-hydrogen) atoms. The Hall–Kier alpha value is -1.36. The Morgan fingerprint density at radius 1 is 1.37 bits per heavy atom. The molecule has 1 aliphatic rings. The maximum atomic E-state index is 9.76. The molecule has 0 saturated heterocycles.